The molecule has 2 heterocycles. The van der Waals surface area contributed by atoms with Crippen LogP contribution in [-0.2, 0) is 16.0 Å². The summed E-state index contributed by atoms with van der Waals surface area (Å²) in [6.07, 6.45) is 2.98. The molecule has 0 fully saturated rings. The first-order valence-corrected chi connectivity index (χ1v) is 11.8. The number of fused-ring (bicyclic) bond motifs is 2. The van der Waals surface area contributed by atoms with Crippen LogP contribution in [0.15, 0.2) is 42.1 Å². The fraction of sp³-hybridized carbons (Fsp3) is 0.346. The molecule has 2 aromatic rings. The molecule has 2 aliphatic heterocycles. The fourth-order valence-corrected chi connectivity index (χ4v) is 5.37. The first-order chi connectivity index (χ1) is 16.8. The Morgan fingerprint density at radius 1 is 1.14 bits per heavy atom. The van der Waals surface area contributed by atoms with E-state index in [-0.39, 0.29) is 33.7 Å². The number of carbonyl (C=O) groups is 3. The van der Waals surface area contributed by atoms with E-state index in [1.807, 2.05) is 24.3 Å². The van der Waals surface area contributed by atoms with Crippen molar-refractivity contribution in [3.63, 3.8) is 0 Å². The second-order valence-electron chi connectivity index (χ2n) is 8.99. The van der Waals surface area contributed by atoms with E-state index < -0.39 is 29.1 Å². The Bertz CT molecular complexity index is 1290. The highest BCUT2D eigenvalue weighted by atomic mass is 35.5. The number of halogens is 1. The zero-order chi connectivity index (χ0) is 24.9. The van der Waals surface area contributed by atoms with Crippen LogP contribution in [0.2, 0.25) is 5.02 Å². The number of ketones is 2. The van der Waals surface area contributed by atoms with Crippen LogP contribution in [-0.4, -0.2) is 43.3 Å². The largest absolute Gasteiger partial charge is 0.496 e. The van der Waals surface area contributed by atoms with Crippen molar-refractivity contribution in [1.29, 1.82) is 0 Å². The Balaban J connectivity index is 1.42. The SMILES string of the molecule is COc1cc(OC)c2c(c1Cl)O[C@@]1(C(=O)C=C(N[C@H]3CCc4ccccc4NC3=O)C[C@H]1C)C2=O. The summed E-state index contributed by atoms with van der Waals surface area (Å²) in [6, 6.07) is 8.67. The van der Waals surface area contributed by atoms with E-state index in [4.69, 9.17) is 25.8 Å². The quantitative estimate of drug-likeness (QED) is 0.622. The summed E-state index contributed by atoms with van der Waals surface area (Å²) in [5.74, 6) is -1.11. The molecule has 0 aromatic heterocycles. The minimum Gasteiger partial charge on any atom is -0.496 e. The van der Waals surface area contributed by atoms with E-state index in [1.165, 1.54) is 26.4 Å². The van der Waals surface area contributed by atoms with Crippen LogP contribution in [0, 0.1) is 5.92 Å². The van der Waals surface area contributed by atoms with E-state index in [0.29, 0.717) is 25.0 Å². The van der Waals surface area contributed by atoms with Gasteiger partial charge in [-0.15, -0.1) is 0 Å². The van der Waals surface area contributed by atoms with Gasteiger partial charge in [0.15, 0.2) is 5.75 Å². The summed E-state index contributed by atoms with van der Waals surface area (Å²) < 4.78 is 16.7. The Labute approximate surface area is 207 Å². The van der Waals surface area contributed by atoms with E-state index in [0.717, 1.165) is 11.3 Å². The van der Waals surface area contributed by atoms with Gasteiger partial charge in [-0.3, -0.25) is 14.4 Å². The average molecular weight is 497 g/mol. The van der Waals surface area contributed by atoms with Gasteiger partial charge < -0.3 is 24.8 Å². The first-order valence-electron chi connectivity index (χ1n) is 11.4. The van der Waals surface area contributed by atoms with Gasteiger partial charge in [-0.2, -0.15) is 0 Å². The lowest BCUT2D eigenvalue weighted by atomic mass is 9.74. The lowest BCUT2D eigenvalue weighted by molar-refractivity contribution is -0.129. The molecule has 5 rings (SSSR count). The van der Waals surface area contributed by atoms with Crippen molar-refractivity contribution in [2.45, 2.75) is 37.8 Å². The van der Waals surface area contributed by atoms with Crippen LogP contribution < -0.4 is 24.8 Å². The lowest BCUT2D eigenvalue weighted by Gasteiger charge is -2.36. The van der Waals surface area contributed by atoms with Gasteiger partial charge in [0.2, 0.25) is 23.1 Å². The zero-order valence-electron chi connectivity index (χ0n) is 19.6. The molecule has 0 radical (unpaired) electrons. The van der Waals surface area contributed by atoms with E-state index >= 15 is 0 Å². The summed E-state index contributed by atoms with van der Waals surface area (Å²) >= 11 is 6.43. The molecule has 0 bridgehead atoms. The molecule has 182 valence electrons. The Hall–Kier alpha value is -3.52. The number of benzene rings is 2. The average Bonchev–Trinajstić information content (AvgIpc) is 3.07. The number of ether oxygens (including phenoxy) is 3. The van der Waals surface area contributed by atoms with Crippen molar-refractivity contribution in [2.24, 2.45) is 5.92 Å². The Morgan fingerprint density at radius 2 is 1.89 bits per heavy atom. The number of aryl methyl sites for hydroxylation is 1. The van der Waals surface area contributed by atoms with Gasteiger partial charge in [0.05, 0.1) is 14.2 Å². The van der Waals surface area contributed by atoms with Gasteiger partial charge in [0, 0.05) is 29.4 Å². The Kier molecular flexibility index (Phi) is 5.71. The van der Waals surface area contributed by atoms with Gasteiger partial charge in [-0.1, -0.05) is 36.7 Å². The van der Waals surface area contributed by atoms with Crippen LogP contribution in [0.5, 0.6) is 17.2 Å². The predicted octanol–water partition coefficient (Wildman–Crippen LogP) is 3.71. The van der Waals surface area contributed by atoms with Gasteiger partial charge in [0.25, 0.3) is 0 Å². The fourth-order valence-electron chi connectivity index (χ4n) is 5.10. The molecule has 35 heavy (non-hydrogen) atoms. The maximum atomic E-state index is 13.6. The van der Waals surface area contributed by atoms with Gasteiger partial charge in [-0.25, -0.2) is 0 Å². The second kappa shape index (κ2) is 8.61. The van der Waals surface area contributed by atoms with Crippen molar-refractivity contribution in [1.82, 2.24) is 5.32 Å². The number of Topliss-reactive ketones (excluding diaryl/α,β-unsaturated/α-hetero) is 1. The van der Waals surface area contributed by atoms with Crippen molar-refractivity contribution in [3.8, 4) is 17.2 Å². The van der Waals surface area contributed by atoms with Crippen molar-refractivity contribution >= 4 is 34.8 Å². The summed E-state index contributed by atoms with van der Waals surface area (Å²) in [5, 5.41) is 6.28. The number of para-hydroxylation sites is 1. The maximum Gasteiger partial charge on any atom is 0.246 e. The van der Waals surface area contributed by atoms with E-state index in [1.54, 1.807) is 6.92 Å². The van der Waals surface area contributed by atoms with Gasteiger partial charge in [0.1, 0.15) is 28.1 Å². The molecule has 1 aliphatic carbocycles. The molecule has 0 saturated carbocycles. The van der Waals surface area contributed by atoms with Crippen LogP contribution in [0.3, 0.4) is 0 Å². The number of nitrogens with one attached hydrogen (secondary N) is 2. The maximum absolute atomic E-state index is 13.6. The number of amides is 1. The normalized spacial score (nSPS) is 25.1. The standard InChI is InChI=1S/C26H25ClN2O6/c1-13-10-15(28-17-9-8-14-6-4-5-7-16(14)29-25(17)32)11-20(30)26(13)24(31)21-18(33-2)12-19(34-3)22(27)23(21)35-26/h4-7,11-13,17,28H,8-10H2,1-3H3,(H,29,32)/t13-,17+,26+/m1/s1. The number of hydrogen-bond donors (Lipinski definition) is 2. The molecule has 0 saturated heterocycles. The molecular weight excluding hydrogens is 472 g/mol. The molecule has 1 spiro atoms. The smallest absolute Gasteiger partial charge is 0.246 e. The predicted molar refractivity (Wildman–Crippen MR) is 129 cm³/mol. The zero-order valence-corrected chi connectivity index (χ0v) is 20.3. The number of rotatable bonds is 4. The summed E-state index contributed by atoms with van der Waals surface area (Å²) in [6.45, 7) is 1.77. The highest BCUT2D eigenvalue weighted by Gasteiger charge is 2.60. The van der Waals surface area contributed by atoms with Crippen LogP contribution in [0.1, 0.15) is 35.7 Å². The highest BCUT2D eigenvalue weighted by molar-refractivity contribution is 6.36. The highest BCUT2D eigenvalue weighted by Crippen LogP contribution is 2.53. The number of allylic oxidation sites excluding steroid dienone is 1. The van der Waals surface area contributed by atoms with Crippen LogP contribution in [0.4, 0.5) is 5.69 Å². The summed E-state index contributed by atoms with van der Waals surface area (Å²) in [4.78, 5) is 39.9. The molecule has 3 aliphatic rings. The van der Waals surface area contributed by atoms with Crippen molar-refractivity contribution < 1.29 is 28.6 Å². The number of carbonyl (C=O) groups excluding carboxylic acids is 3. The molecule has 3 atom stereocenters. The third kappa shape index (κ3) is 3.55. The van der Waals surface area contributed by atoms with Crippen molar-refractivity contribution in [3.05, 3.63) is 58.3 Å². The molecule has 1 amide bonds. The second-order valence-corrected chi connectivity index (χ2v) is 9.36. The third-order valence-electron chi connectivity index (χ3n) is 6.96. The van der Waals surface area contributed by atoms with Crippen LogP contribution >= 0.6 is 11.6 Å². The molecule has 0 unspecified atom stereocenters. The topological polar surface area (TPSA) is 103 Å². The minimum absolute atomic E-state index is 0.0822. The summed E-state index contributed by atoms with van der Waals surface area (Å²) in [7, 11) is 2.86. The number of methoxy groups -OCH3 is 2. The molecule has 2 N–H and O–H groups in total. The minimum atomic E-state index is -1.75. The number of anilines is 1. The Morgan fingerprint density at radius 3 is 2.60 bits per heavy atom. The first kappa shape index (κ1) is 23.2. The van der Waals surface area contributed by atoms with Crippen LogP contribution in [0.25, 0.3) is 0 Å². The molecule has 8 nitrogen and oxygen atoms in total. The molecular formula is C26H25ClN2O6. The third-order valence-corrected chi connectivity index (χ3v) is 7.32. The summed E-state index contributed by atoms with van der Waals surface area (Å²) in [5.41, 5.74) is 0.826. The lowest BCUT2D eigenvalue weighted by Crippen LogP contribution is -2.56. The monoisotopic (exact) mass is 496 g/mol. The number of hydrogen-bond acceptors (Lipinski definition) is 7. The molecule has 2 aromatic carbocycles. The van der Waals surface area contributed by atoms with E-state index in [2.05, 4.69) is 10.6 Å². The molecule has 9 heteroatoms. The van der Waals surface area contributed by atoms with Gasteiger partial charge in [-0.05, 0) is 30.9 Å². The van der Waals surface area contributed by atoms with Crippen molar-refractivity contribution in [2.75, 3.05) is 19.5 Å². The van der Waals surface area contributed by atoms with E-state index in [9.17, 15) is 14.4 Å². The van der Waals surface area contributed by atoms with Gasteiger partial charge >= 0.3 is 0 Å².